The summed E-state index contributed by atoms with van der Waals surface area (Å²) in [5.41, 5.74) is -0.592. The first-order valence-corrected chi connectivity index (χ1v) is 10.3. The van der Waals surface area contributed by atoms with Gasteiger partial charge in [0, 0.05) is 12.4 Å². The minimum Gasteiger partial charge on any atom is -0.457 e. The van der Waals surface area contributed by atoms with Gasteiger partial charge in [-0.15, -0.1) is 5.10 Å². The SMILES string of the molecule is CNS(=O)(=O)c1ccc(Oc2ccc(C(F)(F)F)cc2)c(-c2nc3ncccn3n2)c1. The molecular weight excluding hydrogens is 435 g/mol. The van der Waals surface area contributed by atoms with Crippen LogP contribution in [0.4, 0.5) is 13.2 Å². The molecule has 0 amide bonds. The van der Waals surface area contributed by atoms with Crippen molar-refractivity contribution in [2.75, 3.05) is 7.05 Å². The number of rotatable bonds is 5. The number of ether oxygens (including phenoxy) is 1. The van der Waals surface area contributed by atoms with Gasteiger partial charge in [0.1, 0.15) is 11.5 Å². The van der Waals surface area contributed by atoms with E-state index in [4.69, 9.17) is 4.74 Å². The molecule has 0 unspecified atom stereocenters. The third-order valence-corrected chi connectivity index (χ3v) is 5.71. The van der Waals surface area contributed by atoms with Crippen LogP contribution >= 0.6 is 0 Å². The van der Waals surface area contributed by atoms with E-state index < -0.39 is 21.8 Å². The van der Waals surface area contributed by atoms with Gasteiger partial charge in [-0.2, -0.15) is 18.2 Å². The van der Waals surface area contributed by atoms with Gasteiger partial charge in [-0.3, -0.25) is 0 Å². The Labute approximate surface area is 174 Å². The number of fused-ring (bicyclic) bond motifs is 1. The van der Waals surface area contributed by atoms with E-state index in [0.717, 1.165) is 12.1 Å². The van der Waals surface area contributed by atoms with Gasteiger partial charge in [-0.1, -0.05) is 0 Å². The van der Waals surface area contributed by atoms with Crippen LogP contribution in [-0.2, 0) is 16.2 Å². The molecule has 1 N–H and O–H groups in total. The van der Waals surface area contributed by atoms with Crippen LogP contribution in [0.25, 0.3) is 17.2 Å². The number of hydrogen-bond acceptors (Lipinski definition) is 6. The Morgan fingerprint density at radius 1 is 1.10 bits per heavy atom. The number of sulfonamides is 1. The summed E-state index contributed by atoms with van der Waals surface area (Å²) in [6.45, 7) is 0. The van der Waals surface area contributed by atoms with Gasteiger partial charge in [-0.05, 0) is 55.6 Å². The van der Waals surface area contributed by atoms with E-state index in [1.807, 2.05) is 0 Å². The third kappa shape index (κ3) is 4.20. The first-order valence-electron chi connectivity index (χ1n) is 8.78. The minimum absolute atomic E-state index is 0.0587. The van der Waals surface area contributed by atoms with E-state index in [2.05, 4.69) is 19.8 Å². The second-order valence-corrected chi connectivity index (χ2v) is 8.18. The highest BCUT2D eigenvalue weighted by molar-refractivity contribution is 7.89. The van der Waals surface area contributed by atoms with Crippen molar-refractivity contribution in [2.24, 2.45) is 0 Å². The molecule has 2 aromatic carbocycles. The monoisotopic (exact) mass is 449 g/mol. The van der Waals surface area contributed by atoms with Gasteiger partial charge in [0.15, 0.2) is 5.82 Å². The topological polar surface area (TPSA) is 98.5 Å². The molecule has 0 saturated carbocycles. The normalized spacial score (nSPS) is 12.3. The summed E-state index contributed by atoms with van der Waals surface area (Å²) in [6.07, 6.45) is -1.33. The number of nitrogens with zero attached hydrogens (tertiary/aromatic N) is 4. The standard InChI is InChI=1S/C19H14F3N5O3S/c1-23-31(28,29)14-7-8-16(30-13-5-3-12(4-6-13)19(20,21)22)15(11-14)17-25-18-24-9-2-10-27(18)26-17/h2-11,23H,1H3. The van der Waals surface area contributed by atoms with Crippen molar-refractivity contribution in [3.05, 3.63) is 66.5 Å². The van der Waals surface area contributed by atoms with Gasteiger partial charge in [-0.25, -0.2) is 22.6 Å². The molecule has 0 aliphatic carbocycles. The summed E-state index contributed by atoms with van der Waals surface area (Å²) >= 11 is 0. The zero-order valence-electron chi connectivity index (χ0n) is 15.8. The van der Waals surface area contributed by atoms with Crippen LogP contribution in [0.3, 0.4) is 0 Å². The predicted octanol–water partition coefficient (Wildman–Crippen LogP) is 3.51. The zero-order valence-corrected chi connectivity index (χ0v) is 16.6. The van der Waals surface area contributed by atoms with E-state index in [9.17, 15) is 21.6 Å². The summed E-state index contributed by atoms with van der Waals surface area (Å²) in [6, 6.07) is 9.78. The van der Waals surface area contributed by atoms with Crippen molar-refractivity contribution in [1.82, 2.24) is 24.3 Å². The summed E-state index contributed by atoms with van der Waals surface area (Å²) in [5.74, 6) is 0.694. The highest BCUT2D eigenvalue weighted by atomic mass is 32.2. The first kappa shape index (κ1) is 20.8. The number of aromatic nitrogens is 4. The molecule has 0 aliphatic rings. The summed E-state index contributed by atoms with van der Waals surface area (Å²) in [7, 11) is -2.51. The fraction of sp³-hybridized carbons (Fsp3) is 0.105. The average molecular weight is 449 g/mol. The van der Waals surface area contributed by atoms with Gasteiger partial charge in [0.05, 0.1) is 16.0 Å². The lowest BCUT2D eigenvalue weighted by Crippen LogP contribution is -2.18. The molecule has 2 aromatic heterocycles. The summed E-state index contributed by atoms with van der Waals surface area (Å²) in [4.78, 5) is 8.29. The molecule has 160 valence electrons. The quantitative estimate of drug-likeness (QED) is 0.501. The van der Waals surface area contributed by atoms with Crippen LogP contribution in [0.2, 0.25) is 0 Å². The second-order valence-electron chi connectivity index (χ2n) is 6.29. The highest BCUT2D eigenvalue weighted by Gasteiger charge is 2.30. The smallest absolute Gasteiger partial charge is 0.416 e. The lowest BCUT2D eigenvalue weighted by Gasteiger charge is -2.12. The Bertz CT molecular complexity index is 1320. The van der Waals surface area contributed by atoms with Crippen molar-refractivity contribution in [3.8, 4) is 22.9 Å². The molecular formula is C19H14F3N5O3S. The van der Waals surface area contributed by atoms with E-state index in [-0.39, 0.29) is 33.6 Å². The molecule has 0 atom stereocenters. The predicted molar refractivity (Wildman–Crippen MR) is 104 cm³/mol. The third-order valence-electron chi connectivity index (χ3n) is 4.30. The van der Waals surface area contributed by atoms with Crippen molar-refractivity contribution in [2.45, 2.75) is 11.1 Å². The van der Waals surface area contributed by atoms with Crippen LogP contribution in [0, 0.1) is 0 Å². The largest absolute Gasteiger partial charge is 0.457 e. The fourth-order valence-electron chi connectivity index (χ4n) is 2.74. The minimum atomic E-state index is -4.47. The van der Waals surface area contributed by atoms with E-state index in [1.54, 1.807) is 12.3 Å². The van der Waals surface area contributed by atoms with Crippen LogP contribution in [-0.4, -0.2) is 35.0 Å². The highest BCUT2D eigenvalue weighted by Crippen LogP contribution is 2.35. The van der Waals surface area contributed by atoms with Crippen LogP contribution in [0.15, 0.2) is 65.8 Å². The maximum Gasteiger partial charge on any atom is 0.416 e. The zero-order chi connectivity index (χ0) is 22.2. The number of benzene rings is 2. The molecule has 0 aliphatic heterocycles. The second kappa shape index (κ2) is 7.63. The van der Waals surface area contributed by atoms with Crippen LogP contribution in [0.1, 0.15) is 5.56 Å². The van der Waals surface area contributed by atoms with Gasteiger partial charge >= 0.3 is 6.18 Å². The Kier molecular flexibility index (Phi) is 5.11. The Morgan fingerprint density at radius 3 is 2.48 bits per heavy atom. The molecule has 0 spiro atoms. The Balaban J connectivity index is 1.80. The van der Waals surface area contributed by atoms with Crippen molar-refractivity contribution in [3.63, 3.8) is 0 Å². The molecule has 8 nitrogen and oxygen atoms in total. The summed E-state index contributed by atoms with van der Waals surface area (Å²) in [5, 5.41) is 4.28. The molecule has 31 heavy (non-hydrogen) atoms. The van der Waals surface area contributed by atoms with Gasteiger partial charge < -0.3 is 4.74 Å². The molecule has 4 aromatic rings. The van der Waals surface area contributed by atoms with Crippen LogP contribution in [0.5, 0.6) is 11.5 Å². The molecule has 0 fully saturated rings. The molecule has 0 radical (unpaired) electrons. The number of halogens is 3. The fourth-order valence-corrected chi connectivity index (χ4v) is 3.50. The van der Waals surface area contributed by atoms with E-state index >= 15 is 0 Å². The lowest BCUT2D eigenvalue weighted by molar-refractivity contribution is -0.137. The molecule has 2 heterocycles. The van der Waals surface area contributed by atoms with Crippen molar-refractivity contribution in [1.29, 1.82) is 0 Å². The van der Waals surface area contributed by atoms with Crippen molar-refractivity contribution < 1.29 is 26.3 Å². The number of hydrogen-bond donors (Lipinski definition) is 1. The van der Waals surface area contributed by atoms with Gasteiger partial charge in [0.2, 0.25) is 10.0 Å². The van der Waals surface area contributed by atoms with E-state index in [1.165, 1.54) is 48.1 Å². The molecule has 0 saturated heterocycles. The molecule has 4 rings (SSSR count). The maximum atomic E-state index is 12.8. The lowest BCUT2D eigenvalue weighted by atomic mass is 10.2. The number of nitrogens with one attached hydrogen (secondary N) is 1. The average Bonchev–Trinajstić information content (AvgIpc) is 3.18. The van der Waals surface area contributed by atoms with Crippen molar-refractivity contribution >= 4 is 15.8 Å². The Hall–Kier alpha value is -3.51. The Morgan fingerprint density at radius 2 is 1.84 bits per heavy atom. The summed E-state index contributed by atoms with van der Waals surface area (Å²) < 4.78 is 72.2. The van der Waals surface area contributed by atoms with E-state index in [0.29, 0.717) is 0 Å². The molecule has 0 bridgehead atoms. The first-order chi connectivity index (χ1) is 14.7. The van der Waals surface area contributed by atoms with Crippen LogP contribution < -0.4 is 9.46 Å². The number of alkyl halides is 3. The van der Waals surface area contributed by atoms with Gasteiger partial charge in [0.25, 0.3) is 5.78 Å². The maximum absolute atomic E-state index is 12.8. The molecule has 12 heteroatoms.